The third kappa shape index (κ3) is 3.41. The van der Waals surface area contributed by atoms with Gasteiger partial charge in [-0.3, -0.25) is 4.79 Å². The SMILES string of the molecule is Cc1ccccc1OCc1nn(CC(N)=O)c(=S)o1. The van der Waals surface area contributed by atoms with Crippen LogP contribution < -0.4 is 10.5 Å². The van der Waals surface area contributed by atoms with E-state index < -0.39 is 5.91 Å². The lowest BCUT2D eigenvalue weighted by molar-refractivity contribution is -0.118. The predicted octanol–water partition coefficient (Wildman–Crippen LogP) is 1.58. The average molecular weight is 279 g/mol. The van der Waals surface area contributed by atoms with Gasteiger partial charge in [0.1, 0.15) is 12.3 Å². The summed E-state index contributed by atoms with van der Waals surface area (Å²) in [4.78, 5) is 10.9. The number of primary amides is 1. The van der Waals surface area contributed by atoms with E-state index in [1.165, 1.54) is 4.68 Å². The second-order valence-electron chi connectivity index (χ2n) is 3.94. The van der Waals surface area contributed by atoms with E-state index in [4.69, 9.17) is 27.1 Å². The zero-order chi connectivity index (χ0) is 13.8. The van der Waals surface area contributed by atoms with Crippen LogP contribution in [0.3, 0.4) is 0 Å². The number of carbonyl (C=O) groups is 1. The van der Waals surface area contributed by atoms with Crippen LogP contribution in [0, 0.1) is 11.8 Å². The molecule has 7 heteroatoms. The van der Waals surface area contributed by atoms with Crippen LogP contribution in [0.4, 0.5) is 0 Å². The highest BCUT2D eigenvalue weighted by Gasteiger charge is 2.08. The minimum absolute atomic E-state index is 0.0992. The van der Waals surface area contributed by atoms with Gasteiger partial charge in [0.25, 0.3) is 10.7 Å². The number of amides is 1. The number of rotatable bonds is 5. The van der Waals surface area contributed by atoms with E-state index in [1.807, 2.05) is 31.2 Å². The fourth-order valence-corrected chi connectivity index (χ4v) is 1.71. The number of ether oxygens (including phenoxy) is 1. The molecule has 0 bridgehead atoms. The van der Waals surface area contributed by atoms with Gasteiger partial charge in [-0.25, -0.2) is 4.68 Å². The fourth-order valence-electron chi connectivity index (χ4n) is 1.51. The molecule has 0 radical (unpaired) electrons. The molecule has 6 nitrogen and oxygen atoms in total. The van der Waals surface area contributed by atoms with Gasteiger partial charge >= 0.3 is 0 Å². The minimum atomic E-state index is -0.532. The van der Waals surface area contributed by atoms with Crippen molar-refractivity contribution in [2.45, 2.75) is 20.1 Å². The van der Waals surface area contributed by atoms with Gasteiger partial charge in [0, 0.05) is 0 Å². The Kier molecular flexibility index (Phi) is 3.96. The molecule has 0 unspecified atom stereocenters. The summed E-state index contributed by atoms with van der Waals surface area (Å²) in [5.41, 5.74) is 6.08. The maximum atomic E-state index is 10.8. The van der Waals surface area contributed by atoms with E-state index >= 15 is 0 Å². The number of benzene rings is 1. The van der Waals surface area contributed by atoms with Crippen molar-refractivity contribution in [2.24, 2.45) is 5.73 Å². The van der Waals surface area contributed by atoms with Gasteiger partial charge in [0.2, 0.25) is 5.91 Å². The van der Waals surface area contributed by atoms with Gasteiger partial charge in [-0.2, -0.15) is 0 Å². The van der Waals surface area contributed by atoms with Gasteiger partial charge in [-0.1, -0.05) is 18.2 Å². The largest absolute Gasteiger partial charge is 0.484 e. The first kappa shape index (κ1) is 13.3. The molecule has 0 aliphatic carbocycles. The summed E-state index contributed by atoms with van der Waals surface area (Å²) >= 11 is 4.92. The van der Waals surface area contributed by atoms with Crippen LogP contribution in [0.5, 0.6) is 5.75 Å². The normalized spacial score (nSPS) is 10.4. The van der Waals surface area contributed by atoms with Crippen molar-refractivity contribution < 1.29 is 13.9 Å². The lowest BCUT2D eigenvalue weighted by atomic mass is 10.2. The Morgan fingerprint density at radius 3 is 2.95 bits per heavy atom. The first-order valence-electron chi connectivity index (χ1n) is 5.60. The minimum Gasteiger partial charge on any atom is -0.484 e. The number of hydrogen-bond donors (Lipinski definition) is 1. The molecule has 1 aromatic heterocycles. The van der Waals surface area contributed by atoms with Crippen LogP contribution in [0.25, 0.3) is 0 Å². The summed E-state index contributed by atoms with van der Waals surface area (Å²) < 4.78 is 12.0. The van der Waals surface area contributed by atoms with E-state index in [0.29, 0.717) is 5.89 Å². The van der Waals surface area contributed by atoms with Gasteiger partial charge in [-0.15, -0.1) is 5.10 Å². The Bertz CT molecular complexity index is 648. The molecular formula is C12H13N3O3S. The van der Waals surface area contributed by atoms with Gasteiger partial charge in [0.15, 0.2) is 6.61 Å². The number of carbonyl (C=O) groups excluding carboxylic acids is 1. The molecule has 0 fully saturated rings. The molecule has 2 rings (SSSR count). The third-order valence-corrected chi connectivity index (χ3v) is 2.69. The van der Waals surface area contributed by atoms with Crippen LogP contribution in [0.15, 0.2) is 28.7 Å². The van der Waals surface area contributed by atoms with E-state index in [0.717, 1.165) is 11.3 Å². The van der Waals surface area contributed by atoms with Gasteiger partial charge in [0.05, 0.1) is 0 Å². The highest BCUT2D eigenvalue weighted by molar-refractivity contribution is 7.71. The van der Waals surface area contributed by atoms with Crippen LogP contribution in [0.1, 0.15) is 11.5 Å². The maximum Gasteiger partial charge on any atom is 0.287 e. The number of aryl methyl sites for hydroxylation is 1. The number of hydrogen-bond acceptors (Lipinski definition) is 5. The highest BCUT2D eigenvalue weighted by Crippen LogP contribution is 2.17. The molecular weight excluding hydrogens is 266 g/mol. The number of nitrogens with zero attached hydrogens (tertiary/aromatic N) is 2. The summed E-state index contributed by atoms with van der Waals surface area (Å²) in [6.07, 6.45) is 0. The first-order valence-corrected chi connectivity index (χ1v) is 6.00. The summed E-state index contributed by atoms with van der Waals surface area (Å²) in [5, 5.41) is 4.01. The summed E-state index contributed by atoms with van der Waals surface area (Å²) in [7, 11) is 0. The van der Waals surface area contributed by atoms with Crippen molar-refractivity contribution in [1.82, 2.24) is 9.78 Å². The molecule has 0 aliphatic rings. The van der Waals surface area contributed by atoms with Crippen LogP contribution in [-0.4, -0.2) is 15.7 Å². The van der Waals surface area contributed by atoms with Crippen molar-refractivity contribution in [3.63, 3.8) is 0 Å². The molecule has 0 saturated heterocycles. The standard InChI is InChI=1S/C12H13N3O3S/c1-8-4-2-3-5-9(8)17-7-11-14-15(6-10(13)16)12(19)18-11/h2-5H,6-7H2,1H3,(H2,13,16). The van der Waals surface area contributed by atoms with Crippen LogP contribution in [-0.2, 0) is 17.9 Å². The number of aromatic nitrogens is 2. The van der Waals surface area contributed by atoms with Gasteiger partial charge < -0.3 is 14.9 Å². The highest BCUT2D eigenvalue weighted by atomic mass is 32.1. The molecule has 2 aromatic rings. The van der Waals surface area contributed by atoms with Crippen molar-refractivity contribution in [3.05, 3.63) is 40.6 Å². The quantitative estimate of drug-likeness (QED) is 0.840. The van der Waals surface area contributed by atoms with E-state index in [-0.39, 0.29) is 18.0 Å². The second kappa shape index (κ2) is 5.66. The predicted molar refractivity (Wildman–Crippen MR) is 70.0 cm³/mol. The lowest BCUT2D eigenvalue weighted by Gasteiger charge is -2.05. The van der Waals surface area contributed by atoms with Crippen molar-refractivity contribution >= 4 is 18.1 Å². The zero-order valence-electron chi connectivity index (χ0n) is 10.3. The molecule has 100 valence electrons. The van der Waals surface area contributed by atoms with E-state index in [9.17, 15) is 4.79 Å². The molecule has 0 aliphatic heterocycles. The molecule has 0 saturated carbocycles. The monoisotopic (exact) mass is 279 g/mol. The zero-order valence-corrected chi connectivity index (χ0v) is 11.1. The Morgan fingerprint density at radius 1 is 1.53 bits per heavy atom. The molecule has 0 atom stereocenters. The van der Waals surface area contributed by atoms with Crippen LogP contribution >= 0.6 is 12.2 Å². The Balaban J connectivity index is 2.06. The molecule has 1 aromatic carbocycles. The topological polar surface area (TPSA) is 83.3 Å². The molecule has 0 spiro atoms. The average Bonchev–Trinajstić information content (AvgIpc) is 2.68. The first-order chi connectivity index (χ1) is 9.06. The Labute approximate surface area is 114 Å². The number of para-hydroxylation sites is 1. The molecule has 19 heavy (non-hydrogen) atoms. The maximum absolute atomic E-state index is 10.8. The lowest BCUT2D eigenvalue weighted by Crippen LogP contribution is -2.19. The second-order valence-corrected chi connectivity index (χ2v) is 4.29. The van der Waals surface area contributed by atoms with Crippen molar-refractivity contribution in [3.8, 4) is 5.75 Å². The third-order valence-electron chi connectivity index (χ3n) is 2.40. The Morgan fingerprint density at radius 2 is 2.26 bits per heavy atom. The van der Waals surface area contributed by atoms with Gasteiger partial charge in [-0.05, 0) is 30.8 Å². The Hall–Kier alpha value is -2.15. The van der Waals surface area contributed by atoms with Crippen molar-refractivity contribution in [1.29, 1.82) is 0 Å². The fraction of sp³-hybridized carbons (Fsp3) is 0.250. The molecule has 1 heterocycles. The summed E-state index contributed by atoms with van der Waals surface area (Å²) in [6, 6.07) is 7.60. The van der Waals surface area contributed by atoms with E-state index in [2.05, 4.69) is 5.10 Å². The van der Waals surface area contributed by atoms with E-state index in [1.54, 1.807) is 0 Å². The summed E-state index contributed by atoms with van der Waals surface area (Å²) in [6.45, 7) is 1.98. The number of nitrogens with two attached hydrogens (primary N) is 1. The van der Waals surface area contributed by atoms with Crippen molar-refractivity contribution in [2.75, 3.05) is 0 Å². The molecule has 1 amide bonds. The smallest absolute Gasteiger partial charge is 0.287 e. The molecule has 2 N–H and O–H groups in total. The summed E-state index contributed by atoms with van der Waals surface area (Å²) in [5.74, 6) is 0.512. The van der Waals surface area contributed by atoms with Crippen LogP contribution in [0.2, 0.25) is 0 Å².